The summed E-state index contributed by atoms with van der Waals surface area (Å²) < 4.78 is 33.5. The number of sulfonamides is 1. The SMILES string of the molecule is CCCCOc1ccc(C)cc1S(=O)(=O)Nc1cccc(C(=O)O)c1. The largest absolute Gasteiger partial charge is 0.492 e. The highest BCUT2D eigenvalue weighted by molar-refractivity contribution is 7.92. The van der Waals surface area contributed by atoms with E-state index in [1.165, 1.54) is 30.3 Å². The second-order valence-corrected chi connectivity index (χ2v) is 7.29. The molecule has 0 spiro atoms. The van der Waals surface area contributed by atoms with E-state index < -0.39 is 16.0 Å². The van der Waals surface area contributed by atoms with E-state index in [1.54, 1.807) is 19.1 Å². The smallest absolute Gasteiger partial charge is 0.335 e. The lowest BCUT2D eigenvalue weighted by Gasteiger charge is -2.14. The number of benzene rings is 2. The number of nitrogens with one attached hydrogen (secondary N) is 1. The maximum Gasteiger partial charge on any atom is 0.335 e. The van der Waals surface area contributed by atoms with E-state index in [0.717, 1.165) is 18.4 Å². The quantitative estimate of drug-likeness (QED) is 0.698. The second-order valence-electron chi connectivity index (χ2n) is 5.64. The number of unbranched alkanes of at least 4 members (excludes halogenated alkanes) is 1. The molecule has 25 heavy (non-hydrogen) atoms. The first kappa shape index (κ1) is 18.8. The maximum absolute atomic E-state index is 12.7. The van der Waals surface area contributed by atoms with Gasteiger partial charge in [-0.25, -0.2) is 13.2 Å². The number of anilines is 1. The Labute approximate surface area is 147 Å². The third kappa shape index (κ3) is 4.96. The molecule has 0 heterocycles. The predicted octanol–water partition coefficient (Wildman–Crippen LogP) is 3.67. The molecule has 0 atom stereocenters. The van der Waals surface area contributed by atoms with E-state index in [9.17, 15) is 13.2 Å². The lowest BCUT2D eigenvalue weighted by molar-refractivity contribution is 0.0697. The summed E-state index contributed by atoms with van der Waals surface area (Å²) in [5, 5.41) is 9.03. The second kappa shape index (κ2) is 8.02. The molecule has 0 aliphatic heterocycles. The molecular formula is C18H21NO5S. The van der Waals surface area contributed by atoms with Crippen LogP contribution < -0.4 is 9.46 Å². The molecule has 0 saturated heterocycles. The summed E-state index contributed by atoms with van der Waals surface area (Å²) in [6.07, 6.45) is 1.76. The number of hydrogen-bond donors (Lipinski definition) is 2. The Balaban J connectivity index is 2.34. The number of rotatable bonds is 8. The molecule has 0 saturated carbocycles. The van der Waals surface area contributed by atoms with Gasteiger partial charge in [-0.3, -0.25) is 4.72 Å². The van der Waals surface area contributed by atoms with Crippen LogP contribution in [0.5, 0.6) is 5.75 Å². The van der Waals surface area contributed by atoms with E-state index in [0.29, 0.717) is 6.61 Å². The molecule has 7 heteroatoms. The van der Waals surface area contributed by atoms with Gasteiger partial charge in [0.15, 0.2) is 0 Å². The molecule has 2 aromatic rings. The molecule has 0 amide bonds. The van der Waals surface area contributed by atoms with E-state index in [-0.39, 0.29) is 21.9 Å². The zero-order valence-corrected chi connectivity index (χ0v) is 15.0. The molecular weight excluding hydrogens is 342 g/mol. The number of aromatic carboxylic acids is 1. The Hall–Kier alpha value is -2.54. The fourth-order valence-corrected chi connectivity index (χ4v) is 3.48. The highest BCUT2D eigenvalue weighted by atomic mass is 32.2. The van der Waals surface area contributed by atoms with Crippen molar-refractivity contribution in [3.05, 3.63) is 53.6 Å². The van der Waals surface area contributed by atoms with Crippen LogP contribution in [-0.2, 0) is 10.0 Å². The molecule has 2 N–H and O–H groups in total. The number of carbonyl (C=O) groups is 1. The minimum absolute atomic E-state index is 0.00358. The Bertz CT molecular complexity index is 862. The van der Waals surface area contributed by atoms with E-state index in [1.807, 2.05) is 6.92 Å². The Morgan fingerprint density at radius 2 is 1.96 bits per heavy atom. The lowest BCUT2D eigenvalue weighted by Crippen LogP contribution is -2.15. The first-order chi connectivity index (χ1) is 11.8. The monoisotopic (exact) mass is 363 g/mol. The summed E-state index contributed by atoms with van der Waals surface area (Å²) in [5.74, 6) is -0.846. The molecule has 0 aliphatic rings. The molecule has 2 aromatic carbocycles. The third-order valence-corrected chi connectivity index (χ3v) is 4.91. The minimum Gasteiger partial charge on any atom is -0.492 e. The van der Waals surface area contributed by atoms with Crippen molar-refractivity contribution in [2.24, 2.45) is 0 Å². The molecule has 0 unspecified atom stereocenters. The molecule has 0 radical (unpaired) electrons. The highest BCUT2D eigenvalue weighted by Crippen LogP contribution is 2.27. The van der Waals surface area contributed by atoms with Gasteiger partial charge in [0, 0.05) is 5.69 Å². The van der Waals surface area contributed by atoms with Gasteiger partial charge in [0.1, 0.15) is 10.6 Å². The Kier molecular flexibility index (Phi) is 6.03. The van der Waals surface area contributed by atoms with Crippen LogP contribution in [0, 0.1) is 6.92 Å². The van der Waals surface area contributed by atoms with Crippen molar-refractivity contribution in [3.8, 4) is 5.75 Å². The van der Waals surface area contributed by atoms with Gasteiger partial charge < -0.3 is 9.84 Å². The standard InChI is InChI=1S/C18H21NO5S/c1-3-4-10-24-16-9-8-13(2)11-17(16)25(22,23)19-15-7-5-6-14(12-15)18(20)21/h5-9,11-12,19H,3-4,10H2,1-2H3,(H,20,21). The lowest BCUT2D eigenvalue weighted by atomic mass is 10.2. The fraction of sp³-hybridized carbons (Fsp3) is 0.278. The van der Waals surface area contributed by atoms with E-state index >= 15 is 0 Å². The van der Waals surface area contributed by atoms with Crippen molar-refractivity contribution in [3.63, 3.8) is 0 Å². The number of carboxylic acid groups (broad SMARTS) is 1. The normalized spacial score (nSPS) is 11.1. The number of ether oxygens (including phenoxy) is 1. The summed E-state index contributed by atoms with van der Waals surface area (Å²) in [6, 6.07) is 10.6. The van der Waals surface area contributed by atoms with Gasteiger partial charge in [0.2, 0.25) is 0 Å². The maximum atomic E-state index is 12.7. The van der Waals surface area contributed by atoms with Crippen molar-refractivity contribution in [1.82, 2.24) is 0 Å². The van der Waals surface area contributed by atoms with Crippen molar-refractivity contribution in [1.29, 1.82) is 0 Å². The summed E-state index contributed by atoms with van der Waals surface area (Å²) in [4.78, 5) is 11.1. The number of hydrogen-bond acceptors (Lipinski definition) is 4. The average molecular weight is 363 g/mol. The van der Waals surface area contributed by atoms with Gasteiger partial charge in [-0.2, -0.15) is 0 Å². The zero-order chi connectivity index (χ0) is 18.4. The molecule has 0 bridgehead atoms. The van der Waals surface area contributed by atoms with Gasteiger partial charge in [-0.1, -0.05) is 25.5 Å². The summed E-state index contributed by atoms with van der Waals surface area (Å²) in [7, 11) is -3.91. The summed E-state index contributed by atoms with van der Waals surface area (Å²) in [5.41, 5.74) is 0.965. The van der Waals surface area contributed by atoms with Crippen LogP contribution in [0.2, 0.25) is 0 Å². The van der Waals surface area contributed by atoms with Crippen LogP contribution in [0.3, 0.4) is 0 Å². The summed E-state index contributed by atoms with van der Waals surface area (Å²) in [6.45, 7) is 4.24. The number of aryl methyl sites for hydroxylation is 1. The van der Waals surface area contributed by atoms with Gasteiger partial charge in [-0.05, 0) is 49.2 Å². The highest BCUT2D eigenvalue weighted by Gasteiger charge is 2.20. The van der Waals surface area contributed by atoms with Crippen LogP contribution in [0.1, 0.15) is 35.7 Å². The molecule has 0 aromatic heterocycles. The fourth-order valence-electron chi connectivity index (χ4n) is 2.20. The average Bonchev–Trinajstić information content (AvgIpc) is 2.56. The first-order valence-electron chi connectivity index (χ1n) is 7.93. The number of carboxylic acids is 1. The minimum atomic E-state index is -3.91. The van der Waals surface area contributed by atoms with Crippen molar-refractivity contribution in [2.75, 3.05) is 11.3 Å². The van der Waals surface area contributed by atoms with Gasteiger partial charge in [0.05, 0.1) is 12.2 Å². The van der Waals surface area contributed by atoms with Crippen molar-refractivity contribution in [2.45, 2.75) is 31.6 Å². The van der Waals surface area contributed by atoms with Gasteiger partial charge >= 0.3 is 5.97 Å². The summed E-state index contributed by atoms with van der Waals surface area (Å²) >= 11 is 0. The van der Waals surface area contributed by atoms with Gasteiger partial charge in [-0.15, -0.1) is 0 Å². The van der Waals surface area contributed by atoms with Crippen LogP contribution in [-0.4, -0.2) is 26.1 Å². The Morgan fingerprint density at radius 3 is 2.64 bits per heavy atom. The molecule has 2 rings (SSSR count). The molecule has 0 aliphatic carbocycles. The van der Waals surface area contributed by atoms with E-state index in [2.05, 4.69) is 4.72 Å². The van der Waals surface area contributed by atoms with Crippen molar-refractivity contribution < 1.29 is 23.1 Å². The van der Waals surface area contributed by atoms with Gasteiger partial charge in [0.25, 0.3) is 10.0 Å². The van der Waals surface area contributed by atoms with Crippen molar-refractivity contribution >= 4 is 21.7 Å². The Morgan fingerprint density at radius 1 is 1.20 bits per heavy atom. The van der Waals surface area contributed by atoms with E-state index in [4.69, 9.17) is 9.84 Å². The van der Waals surface area contributed by atoms with Crippen LogP contribution >= 0.6 is 0 Å². The van der Waals surface area contributed by atoms with Crippen LogP contribution in [0.15, 0.2) is 47.4 Å². The topological polar surface area (TPSA) is 92.7 Å². The first-order valence-corrected chi connectivity index (χ1v) is 9.41. The predicted molar refractivity (Wildman–Crippen MR) is 95.8 cm³/mol. The molecule has 6 nitrogen and oxygen atoms in total. The van der Waals surface area contributed by atoms with Crippen LogP contribution in [0.25, 0.3) is 0 Å². The molecule has 134 valence electrons. The van der Waals surface area contributed by atoms with Crippen LogP contribution in [0.4, 0.5) is 5.69 Å². The zero-order valence-electron chi connectivity index (χ0n) is 14.2. The third-order valence-electron chi connectivity index (χ3n) is 3.51. The molecule has 0 fully saturated rings.